The third-order valence-electron chi connectivity index (χ3n) is 4.99. The minimum atomic E-state index is -0.369. The number of hydrogen-bond donors (Lipinski definition) is 1. The number of rotatable bonds is 5. The Morgan fingerprint density at radius 2 is 1.66 bits per heavy atom. The zero-order valence-corrected chi connectivity index (χ0v) is 16.4. The van der Waals surface area contributed by atoms with Crippen LogP contribution in [0.25, 0.3) is 22.6 Å². The number of aryl methyl sites for hydroxylation is 1. The molecule has 0 spiro atoms. The second-order valence-electron chi connectivity index (χ2n) is 7.02. The summed E-state index contributed by atoms with van der Waals surface area (Å²) >= 11 is 0. The van der Waals surface area contributed by atoms with Crippen molar-refractivity contribution in [3.8, 4) is 17.1 Å². The molecule has 7 nitrogen and oxygen atoms in total. The van der Waals surface area contributed by atoms with E-state index in [0.29, 0.717) is 36.5 Å². The van der Waals surface area contributed by atoms with Crippen molar-refractivity contribution in [1.29, 1.82) is 0 Å². The van der Waals surface area contributed by atoms with Crippen LogP contribution in [0.3, 0.4) is 0 Å². The third-order valence-corrected chi connectivity index (χ3v) is 4.99. The van der Waals surface area contributed by atoms with Crippen LogP contribution < -0.4 is 11.2 Å². The number of fused-ring (bicyclic) bond motifs is 1. The fourth-order valence-electron chi connectivity index (χ4n) is 3.54. The first-order chi connectivity index (χ1) is 14.0. The Morgan fingerprint density at radius 1 is 0.966 bits per heavy atom. The second kappa shape index (κ2) is 7.43. The highest BCUT2D eigenvalue weighted by Crippen LogP contribution is 2.25. The molecule has 0 aliphatic carbocycles. The highest BCUT2D eigenvalue weighted by molar-refractivity contribution is 5.77. The van der Waals surface area contributed by atoms with Gasteiger partial charge < -0.3 is 9.67 Å². The van der Waals surface area contributed by atoms with Gasteiger partial charge in [0.15, 0.2) is 11.2 Å². The first-order valence-corrected chi connectivity index (χ1v) is 9.54. The molecule has 0 fully saturated rings. The molecule has 4 aromatic rings. The molecule has 7 heteroatoms. The van der Waals surface area contributed by atoms with Crippen molar-refractivity contribution in [1.82, 2.24) is 18.7 Å². The van der Waals surface area contributed by atoms with Gasteiger partial charge in [0.1, 0.15) is 11.6 Å². The lowest BCUT2D eigenvalue weighted by molar-refractivity contribution is 0.475. The van der Waals surface area contributed by atoms with Gasteiger partial charge in [0.25, 0.3) is 5.56 Å². The zero-order chi connectivity index (χ0) is 20.5. The fraction of sp³-hybridized carbons (Fsp3) is 0.227. The smallest absolute Gasteiger partial charge is 0.332 e. The zero-order valence-electron chi connectivity index (χ0n) is 16.4. The molecular weight excluding hydrogens is 368 g/mol. The minimum Gasteiger partial charge on any atom is -0.508 e. The van der Waals surface area contributed by atoms with Gasteiger partial charge in [0.2, 0.25) is 0 Å². The molecule has 29 heavy (non-hydrogen) atoms. The molecule has 0 saturated carbocycles. The highest BCUT2D eigenvalue weighted by atomic mass is 16.3. The predicted octanol–water partition coefficient (Wildman–Crippen LogP) is 2.73. The normalized spacial score (nSPS) is 11.2. The molecule has 0 bridgehead atoms. The molecule has 0 aliphatic rings. The maximum absolute atomic E-state index is 13.3. The molecule has 0 saturated heterocycles. The first-order valence-electron chi connectivity index (χ1n) is 9.54. The van der Waals surface area contributed by atoms with Gasteiger partial charge >= 0.3 is 5.69 Å². The van der Waals surface area contributed by atoms with Crippen molar-refractivity contribution in [2.24, 2.45) is 7.05 Å². The SMILES string of the molecule is CCCn1c(=O)c2c(nc(-c3ccc(O)cc3)n2Cc2ccccc2)n(C)c1=O. The van der Waals surface area contributed by atoms with Crippen LogP contribution in [-0.2, 0) is 20.1 Å². The molecule has 0 radical (unpaired) electrons. The summed E-state index contributed by atoms with van der Waals surface area (Å²) in [5.41, 5.74) is 1.81. The van der Waals surface area contributed by atoms with E-state index in [-0.39, 0.29) is 17.0 Å². The number of aromatic nitrogens is 4. The van der Waals surface area contributed by atoms with Crippen LogP contribution in [0.15, 0.2) is 64.2 Å². The number of phenolic OH excluding ortho intramolecular Hbond substituents is 1. The summed E-state index contributed by atoms with van der Waals surface area (Å²) in [6.07, 6.45) is 0.679. The van der Waals surface area contributed by atoms with Crippen molar-refractivity contribution < 1.29 is 5.11 Å². The van der Waals surface area contributed by atoms with Crippen LogP contribution in [0.5, 0.6) is 5.75 Å². The molecule has 2 heterocycles. The van der Waals surface area contributed by atoms with Crippen LogP contribution >= 0.6 is 0 Å². The summed E-state index contributed by atoms with van der Waals surface area (Å²) in [7, 11) is 1.64. The largest absolute Gasteiger partial charge is 0.508 e. The Bertz CT molecular complexity index is 1280. The van der Waals surface area contributed by atoms with E-state index in [4.69, 9.17) is 0 Å². The molecule has 2 aromatic carbocycles. The van der Waals surface area contributed by atoms with Gasteiger partial charge in [-0.2, -0.15) is 0 Å². The van der Waals surface area contributed by atoms with Crippen molar-refractivity contribution in [3.05, 3.63) is 81.0 Å². The molecule has 0 unspecified atom stereocenters. The monoisotopic (exact) mass is 390 g/mol. The van der Waals surface area contributed by atoms with E-state index in [1.807, 2.05) is 41.8 Å². The summed E-state index contributed by atoms with van der Waals surface area (Å²) in [5, 5.41) is 9.64. The number of benzene rings is 2. The molecular formula is C22H22N4O3. The Hall–Kier alpha value is -3.61. The van der Waals surface area contributed by atoms with Crippen molar-refractivity contribution >= 4 is 11.2 Å². The van der Waals surface area contributed by atoms with E-state index < -0.39 is 0 Å². The quantitative estimate of drug-likeness (QED) is 0.568. The molecule has 0 atom stereocenters. The van der Waals surface area contributed by atoms with Crippen LogP contribution in [-0.4, -0.2) is 23.8 Å². The van der Waals surface area contributed by atoms with E-state index in [9.17, 15) is 14.7 Å². The van der Waals surface area contributed by atoms with E-state index in [1.54, 1.807) is 31.3 Å². The topological polar surface area (TPSA) is 82.1 Å². The van der Waals surface area contributed by atoms with Gasteiger partial charge in [-0.05, 0) is 36.2 Å². The molecule has 2 aromatic heterocycles. The molecule has 1 N–H and O–H groups in total. The molecule has 0 aliphatic heterocycles. The fourth-order valence-corrected chi connectivity index (χ4v) is 3.54. The Morgan fingerprint density at radius 3 is 2.31 bits per heavy atom. The standard InChI is InChI=1S/C22H22N4O3/c1-3-13-25-21(28)18-20(24(2)22(25)29)23-19(16-9-11-17(27)12-10-16)26(18)14-15-7-5-4-6-8-15/h4-12,27H,3,13-14H2,1-2H3. The number of phenols is 1. The summed E-state index contributed by atoms with van der Waals surface area (Å²) in [6, 6.07) is 16.5. The second-order valence-corrected chi connectivity index (χ2v) is 7.02. The molecule has 0 amide bonds. The Balaban J connectivity index is 2.06. The van der Waals surface area contributed by atoms with Crippen LogP contribution in [0.4, 0.5) is 0 Å². The van der Waals surface area contributed by atoms with Gasteiger partial charge in [-0.25, -0.2) is 9.78 Å². The van der Waals surface area contributed by atoms with Crippen molar-refractivity contribution in [3.63, 3.8) is 0 Å². The van der Waals surface area contributed by atoms with Gasteiger partial charge in [0, 0.05) is 25.7 Å². The number of aromatic hydroxyl groups is 1. The van der Waals surface area contributed by atoms with Crippen molar-refractivity contribution in [2.75, 3.05) is 0 Å². The summed E-state index contributed by atoms with van der Waals surface area (Å²) < 4.78 is 4.55. The van der Waals surface area contributed by atoms with E-state index in [1.165, 1.54) is 9.13 Å². The van der Waals surface area contributed by atoms with Gasteiger partial charge in [-0.3, -0.25) is 13.9 Å². The van der Waals surface area contributed by atoms with Gasteiger partial charge in [0.05, 0.1) is 0 Å². The van der Waals surface area contributed by atoms with Crippen LogP contribution in [0, 0.1) is 0 Å². The number of nitrogens with zero attached hydrogens (tertiary/aromatic N) is 4. The van der Waals surface area contributed by atoms with E-state index in [2.05, 4.69) is 4.98 Å². The Kier molecular flexibility index (Phi) is 4.80. The van der Waals surface area contributed by atoms with E-state index >= 15 is 0 Å². The van der Waals surface area contributed by atoms with Gasteiger partial charge in [-0.1, -0.05) is 37.3 Å². The maximum Gasteiger partial charge on any atom is 0.332 e. The molecule has 4 rings (SSSR count). The summed E-state index contributed by atoms with van der Waals surface area (Å²) in [4.78, 5) is 30.6. The number of hydrogen-bond acceptors (Lipinski definition) is 4. The predicted molar refractivity (Wildman–Crippen MR) is 112 cm³/mol. The van der Waals surface area contributed by atoms with Gasteiger partial charge in [-0.15, -0.1) is 0 Å². The maximum atomic E-state index is 13.3. The Labute approximate surface area is 167 Å². The average Bonchev–Trinajstić information content (AvgIpc) is 3.10. The summed E-state index contributed by atoms with van der Waals surface area (Å²) in [5.74, 6) is 0.724. The van der Waals surface area contributed by atoms with Crippen molar-refractivity contribution in [2.45, 2.75) is 26.4 Å². The molecule has 148 valence electrons. The van der Waals surface area contributed by atoms with Crippen LogP contribution in [0.2, 0.25) is 0 Å². The average molecular weight is 390 g/mol. The number of imidazole rings is 1. The lowest BCUT2D eigenvalue weighted by Crippen LogP contribution is -2.39. The lowest BCUT2D eigenvalue weighted by atomic mass is 10.2. The lowest BCUT2D eigenvalue weighted by Gasteiger charge is -2.11. The first kappa shape index (κ1) is 18.7. The third kappa shape index (κ3) is 3.24. The van der Waals surface area contributed by atoms with E-state index in [0.717, 1.165) is 11.1 Å². The highest BCUT2D eigenvalue weighted by Gasteiger charge is 2.21. The summed E-state index contributed by atoms with van der Waals surface area (Å²) in [6.45, 7) is 2.72. The van der Waals surface area contributed by atoms with Crippen LogP contribution in [0.1, 0.15) is 18.9 Å². The minimum absolute atomic E-state index is 0.150.